The second-order valence-electron chi connectivity index (χ2n) is 3.85. The van der Waals surface area contributed by atoms with Crippen LogP contribution in [0.25, 0.3) is 0 Å². The lowest BCUT2D eigenvalue weighted by Gasteiger charge is -2.26. The van der Waals surface area contributed by atoms with Gasteiger partial charge in [-0.1, -0.05) is 0 Å². The molecule has 0 aromatic carbocycles. The fraction of sp³-hybridized carbons (Fsp3) is 0.667. The highest BCUT2D eigenvalue weighted by Crippen LogP contribution is 2.00. The van der Waals surface area contributed by atoms with E-state index in [0.717, 1.165) is 39.3 Å². The Morgan fingerprint density at radius 2 is 2.06 bits per heavy atom. The second kappa shape index (κ2) is 8.66. The quantitative estimate of drug-likeness (QED) is 0.402. The molecular weight excluding hydrogens is 238 g/mol. The molecule has 0 radical (unpaired) electrons. The predicted octanol–water partition coefficient (Wildman–Crippen LogP) is 0.283. The summed E-state index contributed by atoms with van der Waals surface area (Å²) in [5, 5.41) is 8.47. The molecule has 102 valence electrons. The van der Waals surface area contributed by atoms with Gasteiger partial charge in [0, 0.05) is 25.2 Å². The highest BCUT2D eigenvalue weighted by Gasteiger charge is 2.09. The van der Waals surface area contributed by atoms with Crippen LogP contribution in [0.15, 0.2) is 12.1 Å². The van der Waals surface area contributed by atoms with Crippen LogP contribution in [0.5, 0.6) is 0 Å². The van der Waals surface area contributed by atoms with Gasteiger partial charge in [0.15, 0.2) is 0 Å². The Bertz CT molecular complexity index is 380. The third-order valence-corrected chi connectivity index (χ3v) is 2.48. The number of hydrogen-bond donors (Lipinski definition) is 1. The zero-order valence-electron chi connectivity index (χ0n) is 12.2. The Labute approximate surface area is 109 Å². The standard InChI is InChI=1S/C12H19NO5/c14-11(15)3-4-12(16)18-8-2-1-5-13-6-9-17-10-7-13/h3-4H,1-2,5-10H2,(H,14,15)/b4-3+/i3D,4D. The van der Waals surface area contributed by atoms with Crippen LogP contribution in [0.1, 0.15) is 15.6 Å². The summed E-state index contributed by atoms with van der Waals surface area (Å²) >= 11 is 0. The van der Waals surface area contributed by atoms with E-state index in [0.29, 0.717) is 6.42 Å². The number of carboxylic acids is 1. The van der Waals surface area contributed by atoms with E-state index in [1.807, 2.05) is 0 Å². The Balaban J connectivity index is 2.16. The Hall–Kier alpha value is -1.40. The van der Waals surface area contributed by atoms with Gasteiger partial charge in [-0.3, -0.25) is 4.90 Å². The zero-order chi connectivity index (χ0) is 15.0. The Morgan fingerprint density at radius 1 is 1.33 bits per heavy atom. The maximum absolute atomic E-state index is 11.3. The molecule has 1 heterocycles. The molecule has 18 heavy (non-hydrogen) atoms. The van der Waals surface area contributed by atoms with Crippen molar-refractivity contribution in [1.29, 1.82) is 0 Å². The summed E-state index contributed by atoms with van der Waals surface area (Å²) in [7, 11) is 0. The molecule has 1 rings (SSSR count). The number of hydrogen-bond acceptors (Lipinski definition) is 5. The molecule has 1 aliphatic heterocycles. The number of unbranched alkanes of at least 4 members (excludes halogenated alkanes) is 1. The summed E-state index contributed by atoms with van der Waals surface area (Å²) in [5.41, 5.74) is 0. The van der Waals surface area contributed by atoms with E-state index in [9.17, 15) is 9.59 Å². The maximum Gasteiger partial charge on any atom is 0.331 e. The Kier molecular flexibility index (Phi) is 5.62. The minimum atomic E-state index is -1.61. The first-order valence-electron chi connectivity index (χ1n) is 6.90. The smallest absolute Gasteiger partial charge is 0.331 e. The molecule has 6 nitrogen and oxygen atoms in total. The third-order valence-electron chi connectivity index (χ3n) is 2.48. The molecule has 0 saturated carbocycles. The SMILES string of the molecule is [2H]/C(C(=O)O)=C(/[2H])C(=O)OCCCCN1CCOCC1. The summed E-state index contributed by atoms with van der Waals surface area (Å²) in [6.07, 6.45) is 1.48. The van der Waals surface area contributed by atoms with Gasteiger partial charge in [-0.15, -0.1) is 0 Å². The molecular formula is C12H19NO5. The van der Waals surface area contributed by atoms with Crippen LogP contribution >= 0.6 is 0 Å². The van der Waals surface area contributed by atoms with Crippen molar-refractivity contribution in [3.05, 3.63) is 12.1 Å². The van der Waals surface area contributed by atoms with E-state index in [1.54, 1.807) is 0 Å². The summed E-state index contributed by atoms with van der Waals surface area (Å²) in [6, 6.07) is -1.98. The van der Waals surface area contributed by atoms with Gasteiger partial charge < -0.3 is 14.6 Å². The number of rotatable bonds is 7. The highest BCUT2D eigenvalue weighted by molar-refractivity contribution is 5.90. The lowest BCUT2D eigenvalue weighted by Crippen LogP contribution is -2.36. The number of morpholine rings is 1. The molecule has 1 saturated heterocycles. The zero-order valence-corrected chi connectivity index (χ0v) is 10.2. The molecule has 0 aromatic heterocycles. The molecule has 6 heteroatoms. The predicted molar refractivity (Wildman–Crippen MR) is 64.2 cm³/mol. The van der Waals surface area contributed by atoms with E-state index in [2.05, 4.69) is 4.90 Å². The minimum Gasteiger partial charge on any atom is -0.478 e. The van der Waals surface area contributed by atoms with Crippen LogP contribution in [-0.4, -0.2) is 61.4 Å². The summed E-state index contributed by atoms with van der Waals surface area (Å²) in [4.78, 5) is 23.9. The van der Waals surface area contributed by atoms with Gasteiger partial charge >= 0.3 is 11.9 Å². The van der Waals surface area contributed by atoms with Crippen LogP contribution < -0.4 is 0 Å². The first kappa shape index (κ1) is 11.7. The number of ether oxygens (including phenoxy) is 2. The molecule has 0 spiro atoms. The molecule has 0 amide bonds. The van der Waals surface area contributed by atoms with E-state index >= 15 is 0 Å². The Morgan fingerprint density at radius 3 is 2.72 bits per heavy atom. The molecule has 1 fully saturated rings. The van der Waals surface area contributed by atoms with E-state index < -0.39 is 24.0 Å². The van der Waals surface area contributed by atoms with Crippen molar-refractivity contribution in [3.8, 4) is 0 Å². The van der Waals surface area contributed by atoms with Gasteiger partial charge in [0.05, 0.1) is 22.6 Å². The maximum atomic E-state index is 11.3. The van der Waals surface area contributed by atoms with E-state index in [1.165, 1.54) is 0 Å². The van der Waals surface area contributed by atoms with Gasteiger partial charge in [0.2, 0.25) is 0 Å². The molecule has 0 unspecified atom stereocenters. The average Bonchev–Trinajstić information content (AvgIpc) is 2.46. The fourth-order valence-electron chi connectivity index (χ4n) is 1.57. The number of esters is 1. The summed E-state index contributed by atoms with van der Waals surface area (Å²) in [6.45, 7) is 4.30. The highest BCUT2D eigenvalue weighted by atomic mass is 16.5. The molecule has 1 N–H and O–H groups in total. The van der Waals surface area contributed by atoms with Crippen molar-refractivity contribution in [1.82, 2.24) is 4.90 Å². The number of aliphatic carboxylic acids is 1. The van der Waals surface area contributed by atoms with Crippen molar-refractivity contribution in [2.75, 3.05) is 39.5 Å². The van der Waals surface area contributed by atoms with Crippen LogP contribution in [0, 0.1) is 0 Å². The molecule has 1 aliphatic rings. The first-order valence-corrected chi connectivity index (χ1v) is 5.90. The van der Waals surface area contributed by atoms with Crippen molar-refractivity contribution < 1.29 is 26.9 Å². The van der Waals surface area contributed by atoms with Crippen LogP contribution in [0.2, 0.25) is 0 Å². The third kappa shape index (κ3) is 7.03. The van der Waals surface area contributed by atoms with Crippen molar-refractivity contribution in [2.24, 2.45) is 0 Å². The first-order chi connectivity index (χ1) is 9.52. The van der Waals surface area contributed by atoms with E-state index in [4.69, 9.17) is 17.3 Å². The van der Waals surface area contributed by atoms with Gasteiger partial charge in [0.1, 0.15) is 0 Å². The monoisotopic (exact) mass is 259 g/mol. The van der Waals surface area contributed by atoms with E-state index in [-0.39, 0.29) is 6.61 Å². The van der Waals surface area contributed by atoms with Crippen LogP contribution in [-0.2, 0) is 19.1 Å². The minimum absolute atomic E-state index is 0.123. The van der Waals surface area contributed by atoms with Crippen LogP contribution in [0.4, 0.5) is 0 Å². The number of nitrogens with zero attached hydrogens (tertiary/aromatic N) is 1. The van der Waals surface area contributed by atoms with Crippen molar-refractivity contribution in [2.45, 2.75) is 12.8 Å². The fourth-order valence-corrected chi connectivity index (χ4v) is 1.57. The normalized spacial score (nSPS) is 19.6. The average molecular weight is 259 g/mol. The lowest BCUT2D eigenvalue weighted by molar-refractivity contribution is -0.138. The van der Waals surface area contributed by atoms with Gasteiger partial charge in [-0.05, 0) is 19.4 Å². The summed E-state index contributed by atoms with van der Waals surface area (Å²) < 4.78 is 24.1. The van der Waals surface area contributed by atoms with Crippen molar-refractivity contribution >= 4 is 11.9 Å². The van der Waals surface area contributed by atoms with Gasteiger partial charge in [-0.2, -0.15) is 0 Å². The number of carbonyl (C=O) groups excluding carboxylic acids is 1. The lowest BCUT2D eigenvalue weighted by atomic mass is 10.3. The molecule has 0 atom stereocenters. The topological polar surface area (TPSA) is 76.1 Å². The largest absolute Gasteiger partial charge is 0.478 e. The molecule has 0 aromatic rings. The number of carbonyl (C=O) groups is 2. The number of carboxylic acid groups (broad SMARTS) is 1. The van der Waals surface area contributed by atoms with Crippen molar-refractivity contribution in [3.63, 3.8) is 0 Å². The molecule has 0 aliphatic carbocycles. The second-order valence-corrected chi connectivity index (χ2v) is 3.85. The van der Waals surface area contributed by atoms with Crippen LogP contribution in [0.3, 0.4) is 0 Å². The van der Waals surface area contributed by atoms with Gasteiger partial charge in [0.25, 0.3) is 0 Å². The molecule has 0 bridgehead atoms. The van der Waals surface area contributed by atoms with Gasteiger partial charge in [-0.25, -0.2) is 9.59 Å². The summed E-state index contributed by atoms with van der Waals surface area (Å²) in [5.74, 6) is -2.68.